The molecule has 0 saturated heterocycles. The monoisotopic (exact) mass is 326 g/mol. The summed E-state index contributed by atoms with van der Waals surface area (Å²) >= 11 is 0. The molecule has 0 spiro atoms. The Hall–Kier alpha value is -2.95. The first-order valence-electron chi connectivity index (χ1n) is 7.44. The van der Waals surface area contributed by atoms with Crippen molar-refractivity contribution in [2.45, 2.75) is 19.8 Å². The van der Waals surface area contributed by atoms with Gasteiger partial charge in [0.2, 0.25) is 0 Å². The molecule has 122 valence electrons. The maximum atomic E-state index is 13.1. The van der Waals surface area contributed by atoms with E-state index in [2.05, 4.69) is 0 Å². The Morgan fingerprint density at radius 3 is 2.46 bits per heavy atom. The van der Waals surface area contributed by atoms with Crippen molar-refractivity contribution in [3.8, 4) is 0 Å². The molecule has 1 atom stereocenters. The van der Waals surface area contributed by atoms with Crippen molar-refractivity contribution in [1.29, 1.82) is 0 Å². The number of carbonyl (C=O) groups is 2. The summed E-state index contributed by atoms with van der Waals surface area (Å²) in [6.07, 6.45) is 1.46. The SMILES string of the molecule is Cc1c(C(C)C(=O)O)cc2ccoc2c1C(=O)c1ccc(F)cc1. The van der Waals surface area contributed by atoms with Gasteiger partial charge < -0.3 is 9.52 Å². The number of furan rings is 1. The lowest BCUT2D eigenvalue weighted by molar-refractivity contribution is -0.138. The molecular weight excluding hydrogens is 311 g/mol. The number of benzene rings is 2. The number of hydrogen-bond acceptors (Lipinski definition) is 3. The van der Waals surface area contributed by atoms with Gasteiger partial charge in [0.1, 0.15) is 11.4 Å². The standard InChI is InChI=1S/C19H15FO4/c1-10-15(11(2)19(22)23)9-13-7-8-24-18(13)16(10)17(21)12-3-5-14(20)6-4-12/h3-9,11H,1-2H3,(H,22,23). The fourth-order valence-electron chi connectivity index (χ4n) is 2.83. The highest BCUT2D eigenvalue weighted by Crippen LogP contribution is 2.32. The van der Waals surface area contributed by atoms with Gasteiger partial charge >= 0.3 is 5.97 Å². The average molecular weight is 326 g/mol. The zero-order chi connectivity index (χ0) is 17.4. The molecule has 2 aromatic carbocycles. The zero-order valence-electron chi connectivity index (χ0n) is 13.2. The zero-order valence-corrected chi connectivity index (χ0v) is 13.2. The van der Waals surface area contributed by atoms with Gasteiger partial charge in [0.05, 0.1) is 17.7 Å². The summed E-state index contributed by atoms with van der Waals surface area (Å²) in [7, 11) is 0. The van der Waals surface area contributed by atoms with Gasteiger partial charge in [-0.25, -0.2) is 4.39 Å². The van der Waals surface area contributed by atoms with Gasteiger partial charge in [0, 0.05) is 10.9 Å². The molecule has 1 N–H and O–H groups in total. The average Bonchev–Trinajstić information content (AvgIpc) is 3.01. The number of rotatable bonds is 4. The Kier molecular flexibility index (Phi) is 3.93. The second kappa shape index (κ2) is 5.92. The van der Waals surface area contributed by atoms with Crippen LogP contribution in [-0.4, -0.2) is 16.9 Å². The molecule has 0 saturated carbocycles. The van der Waals surface area contributed by atoms with Gasteiger partial charge in [-0.1, -0.05) is 0 Å². The number of halogens is 1. The number of ketones is 1. The van der Waals surface area contributed by atoms with Crippen LogP contribution in [0.15, 0.2) is 47.1 Å². The third kappa shape index (κ3) is 2.58. The van der Waals surface area contributed by atoms with E-state index < -0.39 is 17.7 Å². The van der Waals surface area contributed by atoms with Gasteiger partial charge in [0.25, 0.3) is 0 Å². The molecule has 0 aliphatic carbocycles. The van der Waals surface area contributed by atoms with Crippen molar-refractivity contribution < 1.29 is 23.5 Å². The topological polar surface area (TPSA) is 67.5 Å². The number of aliphatic carboxylic acids is 1. The van der Waals surface area contributed by atoms with Crippen molar-refractivity contribution in [1.82, 2.24) is 0 Å². The first-order valence-corrected chi connectivity index (χ1v) is 7.44. The van der Waals surface area contributed by atoms with Crippen LogP contribution in [0.5, 0.6) is 0 Å². The molecular formula is C19H15FO4. The second-order valence-corrected chi connectivity index (χ2v) is 5.70. The molecule has 0 bridgehead atoms. The van der Waals surface area contributed by atoms with Gasteiger partial charge in [-0.05, 0) is 61.4 Å². The minimum atomic E-state index is -0.971. The van der Waals surface area contributed by atoms with Crippen molar-refractivity contribution in [3.05, 3.63) is 70.7 Å². The molecule has 3 rings (SSSR count). The van der Waals surface area contributed by atoms with Crippen LogP contribution in [0.2, 0.25) is 0 Å². The summed E-state index contributed by atoms with van der Waals surface area (Å²) in [5.74, 6) is -2.49. The van der Waals surface area contributed by atoms with E-state index in [0.29, 0.717) is 33.2 Å². The van der Waals surface area contributed by atoms with Gasteiger partial charge in [0.15, 0.2) is 5.78 Å². The van der Waals surface area contributed by atoms with E-state index in [1.165, 1.54) is 30.5 Å². The Morgan fingerprint density at radius 1 is 1.17 bits per heavy atom. The Balaban J connectivity index is 2.24. The fraction of sp³-hybridized carbons (Fsp3) is 0.158. The minimum Gasteiger partial charge on any atom is -0.481 e. The number of hydrogen-bond donors (Lipinski definition) is 1. The molecule has 0 aliphatic rings. The summed E-state index contributed by atoms with van der Waals surface area (Å²) < 4.78 is 18.5. The number of carboxylic acids is 1. The summed E-state index contributed by atoms with van der Waals surface area (Å²) in [6.45, 7) is 3.27. The number of fused-ring (bicyclic) bond motifs is 1. The van der Waals surface area contributed by atoms with Crippen molar-refractivity contribution in [3.63, 3.8) is 0 Å². The van der Waals surface area contributed by atoms with Gasteiger partial charge in [-0.3, -0.25) is 9.59 Å². The third-order valence-electron chi connectivity index (χ3n) is 4.21. The largest absolute Gasteiger partial charge is 0.481 e. The van der Waals surface area contributed by atoms with Crippen LogP contribution < -0.4 is 0 Å². The number of carboxylic acid groups (broad SMARTS) is 1. The van der Waals surface area contributed by atoms with Crippen LogP contribution in [0.3, 0.4) is 0 Å². The van der Waals surface area contributed by atoms with Gasteiger partial charge in [-0.15, -0.1) is 0 Å². The van der Waals surface area contributed by atoms with Crippen LogP contribution in [0.1, 0.15) is 39.9 Å². The molecule has 0 amide bonds. The van der Waals surface area contributed by atoms with E-state index in [0.717, 1.165) is 0 Å². The molecule has 0 fully saturated rings. The summed E-state index contributed by atoms with van der Waals surface area (Å²) in [4.78, 5) is 24.3. The van der Waals surface area contributed by atoms with Gasteiger partial charge in [-0.2, -0.15) is 0 Å². The first kappa shape index (κ1) is 15.9. The molecule has 1 unspecified atom stereocenters. The molecule has 0 aliphatic heterocycles. The maximum Gasteiger partial charge on any atom is 0.310 e. The van der Waals surface area contributed by atoms with E-state index in [4.69, 9.17) is 4.42 Å². The fourth-order valence-corrected chi connectivity index (χ4v) is 2.83. The normalized spacial score (nSPS) is 12.3. The van der Waals surface area contributed by atoms with Crippen LogP contribution >= 0.6 is 0 Å². The highest BCUT2D eigenvalue weighted by atomic mass is 19.1. The van der Waals surface area contributed by atoms with Crippen LogP contribution in [0.4, 0.5) is 4.39 Å². The van der Waals surface area contributed by atoms with E-state index in [-0.39, 0.29) is 5.78 Å². The highest BCUT2D eigenvalue weighted by Gasteiger charge is 2.25. The van der Waals surface area contributed by atoms with Crippen LogP contribution in [0, 0.1) is 12.7 Å². The smallest absolute Gasteiger partial charge is 0.310 e. The Bertz CT molecular complexity index is 938. The second-order valence-electron chi connectivity index (χ2n) is 5.70. The molecule has 5 heteroatoms. The van der Waals surface area contributed by atoms with E-state index in [9.17, 15) is 19.1 Å². The lowest BCUT2D eigenvalue weighted by Crippen LogP contribution is -2.12. The highest BCUT2D eigenvalue weighted by molar-refractivity contribution is 6.16. The predicted octanol–water partition coefficient (Wildman–Crippen LogP) is 4.30. The summed E-state index contributed by atoms with van der Waals surface area (Å²) in [5, 5.41) is 9.97. The van der Waals surface area contributed by atoms with Crippen LogP contribution in [-0.2, 0) is 4.79 Å². The van der Waals surface area contributed by atoms with Crippen molar-refractivity contribution in [2.24, 2.45) is 0 Å². The Morgan fingerprint density at radius 2 is 1.83 bits per heavy atom. The molecule has 3 aromatic rings. The lowest BCUT2D eigenvalue weighted by Gasteiger charge is -2.15. The maximum absolute atomic E-state index is 13.1. The number of carbonyl (C=O) groups excluding carboxylic acids is 1. The molecule has 4 nitrogen and oxygen atoms in total. The van der Waals surface area contributed by atoms with E-state index in [1.54, 1.807) is 26.0 Å². The van der Waals surface area contributed by atoms with E-state index in [1.807, 2.05) is 0 Å². The molecule has 0 radical (unpaired) electrons. The minimum absolute atomic E-state index is 0.312. The third-order valence-corrected chi connectivity index (χ3v) is 4.21. The first-order chi connectivity index (χ1) is 11.4. The van der Waals surface area contributed by atoms with Crippen molar-refractivity contribution in [2.75, 3.05) is 0 Å². The summed E-state index contributed by atoms with van der Waals surface area (Å²) in [5.41, 5.74) is 2.15. The van der Waals surface area contributed by atoms with E-state index >= 15 is 0 Å². The van der Waals surface area contributed by atoms with Crippen LogP contribution in [0.25, 0.3) is 11.0 Å². The lowest BCUT2D eigenvalue weighted by atomic mass is 9.88. The molecule has 1 aromatic heterocycles. The molecule has 24 heavy (non-hydrogen) atoms. The molecule has 1 heterocycles. The predicted molar refractivity (Wildman–Crippen MR) is 86.8 cm³/mol. The van der Waals surface area contributed by atoms with Crippen molar-refractivity contribution >= 4 is 22.7 Å². The quantitative estimate of drug-likeness (QED) is 0.726. The Labute approximate surface area is 137 Å². The summed E-state index contributed by atoms with van der Waals surface area (Å²) in [6, 6.07) is 8.65.